The van der Waals surface area contributed by atoms with E-state index < -0.39 is 12.0 Å². The second kappa shape index (κ2) is 6.75. The molecule has 0 amide bonds. The Hall–Kier alpha value is -0.940. The molecule has 0 aromatic rings. The number of carboxylic acids is 1. The van der Waals surface area contributed by atoms with Crippen LogP contribution in [0.25, 0.3) is 0 Å². The lowest BCUT2D eigenvalue weighted by Gasteiger charge is -2.05. The van der Waals surface area contributed by atoms with E-state index in [2.05, 4.69) is 5.32 Å². The van der Waals surface area contributed by atoms with E-state index in [1.807, 2.05) is 0 Å². The first-order valence-corrected chi connectivity index (χ1v) is 3.86. The summed E-state index contributed by atoms with van der Waals surface area (Å²) in [5.74, 6) is -0.956. The van der Waals surface area contributed by atoms with Crippen LogP contribution in [0.3, 0.4) is 0 Å². The predicted molar refractivity (Wildman–Crippen MR) is 46.5 cm³/mol. The van der Waals surface area contributed by atoms with Crippen LogP contribution in [-0.4, -0.2) is 36.4 Å². The van der Waals surface area contributed by atoms with Gasteiger partial charge in [0.1, 0.15) is 6.04 Å². The quantitative estimate of drug-likeness (QED) is 0.305. The number of hydrogen-bond donors (Lipinski definition) is 4. The molecule has 0 saturated carbocycles. The van der Waals surface area contributed by atoms with Gasteiger partial charge in [0.25, 0.3) is 0 Å². The smallest absolute Gasteiger partial charge is 0.320 e. The molecular formula is C7H15N3O2. The number of carbonyl (C=O) groups is 1. The summed E-state index contributed by atoms with van der Waals surface area (Å²) < 4.78 is 0. The molecule has 0 bridgehead atoms. The molecule has 0 aromatic heterocycles. The largest absolute Gasteiger partial charge is 0.480 e. The van der Waals surface area contributed by atoms with Crippen LogP contribution < -0.4 is 11.1 Å². The van der Waals surface area contributed by atoms with Gasteiger partial charge in [0.2, 0.25) is 0 Å². The van der Waals surface area contributed by atoms with Gasteiger partial charge in [0.15, 0.2) is 0 Å². The van der Waals surface area contributed by atoms with Crippen LogP contribution in [-0.2, 0) is 4.79 Å². The van der Waals surface area contributed by atoms with Crippen LogP contribution in [0, 0.1) is 5.41 Å². The highest BCUT2D eigenvalue weighted by Crippen LogP contribution is 1.92. The molecule has 5 nitrogen and oxygen atoms in total. The lowest BCUT2D eigenvalue weighted by atomic mass is 10.2. The van der Waals surface area contributed by atoms with E-state index in [1.54, 1.807) is 0 Å². The van der Waals surface area contributed by atoms with Gasteiger partial charge in [-0.25, -0.2) is 0 Å². The summed E-state index contributed by atoms with van der Waals surface area (Å²) in [6, 6.07) is -0.758. The Morgan fingerprint density at radius 1 is 1.75 bits per heavy atom. The molecule has 12 heavy (non-hydrogen) atoms. The Morgan fingerprint density at radius 2 is 2.42 bits per heavy atom. The van der Waals surface area contributed by atoms with Crippen molar-refractivity contribution in [3.05, 3.63) is 0 Å². The molecule has 0 aromatic carbocycles. The molecule has 0 unspecified atom stereocenters. The monoisotopic (exact) mass is 173 g/mol. The zero-order chi connectivity index (χ0) is 9.40. The fourth-order valence-corrected chi connectivity index (χ4v) is 0.745. The average Bonchev–Trinajstić information content (AvgIpc) is 2.03. The van der Waals surface area contributed by atoms with Crippen molar-refractivity contribution in [3.8, 4) is 0 Å². The van der Waals surface area contributed by atoms with Crippen LogP contribution >= 0.6 is 0 Å². The van der Waals surface area contributed by atoms with Crippen LogP contribution in [0.4, 0.5) is 0 Å². The molecular weight excluding hydrogens is 158 g/mol. The van der Waals surface area contributed by atoms with Gasteiger partial charge in [0, 0.05) is 12.8 Å². The van der Waals surface area contributed by atoms with Crippen molar-refractivity contribution in [1.82, 2.24) is 5.32 Å². The van der Waals surface area contributed by atoms with E-state index in [-0.39, 0.29) is 0 Å². The van der Waals surface area contributed by atoms with E-state index in [4.69, 9.17) is 16.2 Å². The van der Waals surface area contributed by atoms with Gasteiger partial charge in [-0.1, -0.05) is 0 Å². The Balaban J connectivity index is 3.19. The van der Waals surface area contributed by atoms with E-state index >= 15 is 0 Å². The maximum atomic E-state index is 10.2. The number of aliphatic carboxylic acids is 1. The van der Waals surface area contributed by atoms with Gasteiger partial charge in [-0.15, -0.1) is 0 Å². The second-order valence-corrected chi connectivity index (χ2v) is 2.50. The zero-order valence-corrected chi connectivity index (χ0v) is 6.92. The number of nitrogens with one attached hydrogen (secondary N) is 2. The molecule has 0 aliphatic heterocycles. The van der Waals surface area contributed by atoms with Crippen molar-refractivity contribution in [2.75, 3.05) is 13.1 Å². The summed E-state index contributed by atoms with van der Waals surface area (Å²) >= 11 is 0. The third kappa shape index (κ3) is 5.82. The minimum absolute atomic E-state index is 0.473. The first kappa shape index (κ1) is 11.1. The molecule has 0 fully saturated rings. The van der Waals surface area contributed by atoms with Gasteiger partial charge in [-0.05, 0) is 19.4 Å². The first-order valence-electron chi connectivity index (χ1n) is 3.86. The summed E-state index contributed by atoms with van der Waals surface area (Å²) in [7, 11) is 0. The van der Waals surface area contributed by atoms with Crippen LogP contribution in [0.2, 0.25) is 0 Å². The number of hydrogen-bond acceptors (Lipinski definition) is 4. The molecule has 5 N–H and O–H groups in total. The molecule has 0 heterocycles. The molecule has 0 saturated heterocycles. The van der Waals surface area contributed by atoms with Crippen LogP contribution in [0.5, 0.6) is 0 Å². The fourth-order valence-electron chi connectivity index (χ4n) is 0.745. The maximum absolute atomic E-state index is 10.2. The van der Waals surface area contributed by atoms with Crippen molar-refractivity contribution >= 4 is 12.2 Å². The van der Waals surface area contributed by atoms with Gasteiger partial charge in [-0.3, -0.25) is 4.79 Å². The van der Waals surface area contributed by atoms with Crippen molar-refractivity contribution in [1.29, 1.82) is 5.41 Å². The Labute approximate surface area is 71.5 Å². The second-order valence-electron chi connectivity index (χ2n) is 2.50. The molecule has 1 atom stereocenters. The Bertz CT molecular complexity index is 150. The third-order valence-electron chi connectivity index (χ3n) is 1.43. The van der Waals surface area contributed by atoms with Crippen LogP contribution in [0.1, 0.15) is 12.8 Å². The SMILES string of the molecule is N=CCNCCC[C@H](N)C(=O)O. The summed E-state index contributed by atoms with van der Waals surface area (Å²) in [6.45, 7) is 1.23. The highest BCUT2D eigenvalue weighted by atomic mass is 16.4. The van der Waals surface area contributed by atoms with Gasteiger partial charge in [0.05, 0.1) is 0 Å². The standard InChI is InChI=1S/C7H15N3O2/c8-3-5-10-4-1-2-6(9)7(11)12/h3,6,8,10H,1-2,4-5,9H2,(H,11,12)/t6-/m0/s1. The highest BCUT2D eigenvalue weighted by Gasteiger charge is 2.09. The van der Waals surface area contributed by atoms with Gasteiger partial charge < -0.3 is 21.6 Å². The number of rotatable bonds is 7. The van der Waals surface area contributed by atoms with E-state index in [9.17, 15) is 4.79 Å². The molecule has 0 rings (SSSR count). The summed E-state index contributed by atoms with van der Waals surface area (Å²) in [5.41, 5.74) is 5.26. The van der Waals surface area contributed by atoms with Crippen molar-refractivity contribution < 1.29 is 9.90 Å². The lowest BCUT2D eigenvalue weighted by Crippen LogP contribution is -2.31. The molecule has 5 heteroatoms. The third-order valence-corrected chi connectivity index (χ3v) is 1.43. The van der Waals surface area contributed by atoms with Crippen LogP contribution in [0.15, 0.2) is 0 Å². The average molecular weight is 173 g/mol. The normalized spacial score (nSPS) is 12.4. The zero-order valence-electron chi connectivity index (χ0n) is 6.92. The van der Waals surface area contributed by atoms with E-state index in [0.29, 0.717) is 19.5 Å². The highest BCUT2D eigenvalue weighted by molar-refractivity contribution is 5.72. The number of carboxylic acid groups (broad SMARTS) is 1. The molecule has 0 aliphatic rings. The molecule has 0 spiro atoms. The minimum atomic E-state index is -0.956. The lowest BCUT2D eigenvalue weighted by molar-refractivity contribution is -0.138. The molecule has 70 valence electrons. The molecule has 0 radical (unpaired) electrons. The van der Waals surface area contributed by atoms with Crippen molar-refractivity contribution in [2.24, 2.45) is 5.73 Å². The summed E-state index contributed by atoms with van der Waals surface area (Å²) in [4.78, 5) is 10.2. The van der Waals surface area contributed by atoms with Gasteiger partial charge in [-0.2, -0.15) is 0 Å². The Kier molecular flexibility index (Phi) is 6.22. The maximum Gasteiger partial charge on any atom is 0.320 e. The topological polar surface area (TPSA) is 99.2 Å². The Morgan fingerprint density at radius 3 is 2.92 bits per heavy atom. The fraction of sp³-hybridized carbons (Fsp3) is 0.714. The van der Waals surface area contributed by atoms with Crippen molar-refractivity contribution in [3.63, 3.8) is 0 Å². The first-order chi connectivity index (χ1) is 5.68. The van der Waals surface area contributed by atoms with Crippen molar-refractivity contribution in [2.45, 2.75) is 18.9 Å². The summed E-state index contributed by atoms with van der Waals surface area (Å²) in [6.07, 6.45) is 2.46. The minimum Gasteiger partial charge on any atom is -0.480 e. The predicted octanol–water partition coefficient (Wildman–Crippen LogP) is -0.582. The summed E-state index contributed by atoms with van der Waals surface area (Å²) in [5, 5.41) is 18.0. The number of nitrogens with two attached hydrogens (primary N) is 1. The van der Waals surface area contributed by atoms with E-state index in [0.717, 1.165) is 6.42 Å². The molecule has 0 aliphatic carbocycles. The van der Waals surface area contributed by atoms with Gasteiger partial charge >= 0.3 is 5.97 Å². The van der Waals surface area contributed by atoms with E-state index in [1.165, 1.54) is 6.21 Å².